The van der Waals surface area contributed by atoms with E-state index in [9.17, 15) is 14.5 Å². The van der Waals surface area contributed by atoms with Crippen LogP contribution in [0.15, 0.2) is 36.7 Å². The maximum absolute atomic E-state index is 14.0. The fraction of sp³-hybridized carbons (Fsp3) is 0.455. The number of fused-ring (bicyclic) bond motifs is 1. The number of aliphatic hydroxyl groups excluding tert-OH is 1. The number of carbonyl (C=O) groups is 1. The van der Waals surface area contributed by atoms with Gasteiger partial charge < -0.3 is 24.8 Å². The summed E-state index contributed by atoms with van der Waals surface area (Å²) in [5, 5.41) is 9.92. The Hall–Kier alpha value is -2.76. The van der Waals surface area contributed by atoms with Gasteiger partial charge in [0.15, 0.2) is 11.5 Å². The van der Waals surface area contributed by atoms with Crippen molar-refractivity contribution in [2.24, 2.45) is 5.92 Å². The lowest BCUT2D eigenvalue weighted by molar-refractivity contribution is -0.146. The van der Waals surface area contributed by atoms with Crippen molar-refractivity contribution in [1.29, 1.82) is 0 Å². The Bertz CT molecular complexity index is 1260. The van der Waals surface area contributed by atoms with E-state index in [2.05, 4.69) is 15.0 Å². The number of nitrogen functional groups attached to an aromatic ring is 1. The number of anilines is 1. The first-order valence-electron chi connectivity index (χ1n) is 11.3. The van der Waals surface area contributed by atoms with Gasteiger partial charge in [-0.3, -0.25) is 13.9 Å². The van der Waals surface area contributed by atoms with Crippen molar-refractivity contribution in [3.63, 3.8) is 0 Å². The van der Waals surface area contributed by atoms with Gasteiger partial charge >= 0.3 is 13.6 Å². The number of rotatable bonds is 10. The van der Waals surface area contributed by atoms with Gasteiger partial charge in [-0.2, -0.15) is 9.97 Å². The van der Waals surface area contributed by atoms with Crippen molar-refractivity contribution in [1.82, 2.24) is 19.5 Å². The summed E-state index contributed by atoms with van der Waals surface area (Å²) in [6, 6.07) is 8.50. The Balaban J connectivity index is 1.59. The number of halogens is 1. The number of nitrogens with zero attached hydrogens (tertiary/aromatic N) is 4. The van der Waals surface area contributed by atoms with Crippen LogP contribution in [-0.4, -0.2) is 62.2 Å². The van der Waals surface area contributed by atoms with Crippen LogP contribution in [0.1, 0.15) is 26.5 Å². The molecule has 14 heteroatoms. The molecule has 3 aromatic rings. The first kappa shape index (κ1) is 26.3. The van der Waals surface area contributed by atoms with Gasteiger partial charge in [-0.05, 0) is 30.7 Å². The number of aliphatic hydroxyl groups is 1. The molecule has 194 valence electrons. The predicted octanol–water partition coefficient (Wildman–Crippen LogP) is 3.20. The molecule has 1 aromatic carbocycles. The standard InChI is InChI=1S/C22H27ClN5O7P/c1-3-32-21(30)13(2)11-36(31,34-14-7-5-4-6-8-14)35-15-9-17(33-16(15)10-29)28-12-25-18-19(24)26-22(23)27-20(18)28/h4-8,12-13,15-17,29H,3,9-11H2,1-2H3,(H2,24,26,27)/t13-,15?,16-,17-,36?/m1/s1. The molecule has 3 N–H and O–H groups in total. The van der Waals surface area contributed by atoms with Crippen LogP contribution in [0.5, 0.6) is 5.75 Å². The molecule has 0 saturated carbocycles. The van der Waals surface area contributed by atoms with Crippen LogP contribution in [0.2, 0.25) is 5.28 Å². The summed E-state index contributed by atoms with van der Waals surface area (Å²) < 4.78 is 38.4. The molecular formula is C22H27ClN5O7P. The van der Waals surface area contributed by atoms with Gasteiger partial charge in [0, 0.05) is 6.42 Å². The van der Waals surface area contributed by atoms with Crippen LogP contribution in [0.25, 0.3) is 11.2 Å². The van der Waals surface area contributed by atoms with Crippen molar-refractivity contribution < 1.29 is 33.0 Å². The Morgan fingerprint density at radius 1 is 1.36 bits per heavy atom. The van der Waals surface area contributed by atoms with Crippen LogP contribution in [-0.2, 0) is 23.4 Å². The van der Waals surface area contributed by atoms with E-state index in [1.807, 2.05) is 0 Å². The van der Waals surface area contributed by atoms with E-state index in [4.69, 9.17) is 35.9 Å². The SMILES string of the molecule is CCOC(=O)[C@H](C)CP(=O)(Oc1ccccc1)OC1C[C@H](n2cnc3c(N)nc(Cl)nc32)O[C@@H]1CO. The van der Waals surface area contributed by atoms with E-state index in [0.717, 1.165) is 0 Å². The Kier molecular flexibility index (Phi) is 8.11. The predicted molar refractivity (Wildman–Crippen MR) is 131 cm³/mol. The number of hydrogen-bond acceptors (Lipinski definition) is 11. The maximum Gasteiger partial charge on any atom is 0.380 e. The smallest absolute Gasteiger partial charge is 0.380 e. The van der Waals surface area contributed by atoms with Crippen LogP contribution < -0.4 is 10.3 Å². The van der Waals surface area contributed by atoms with Gasteiger partial charge in [-0.25, -0.2) is 9.55 Å². The minimum absolute atomic E-state index is 0.0556. The summed E-state index contributed by atoms with van der Waals surface area (Å²) in [4.78, 5) is 24.6. The molecule has 36 heavy (non-hydrogen) atoms. The highest BCUT2D eigenvalue weighted by Crippen LogP contribution is 2.53. The molecule has 0 radical (unpaired) electrons. The first-order valence-corrected chi connectivity index (χ1v) is 13.4. The van der Waals surface area contributed by atoms with Crippen molar-refractivity contribution in [3.05, 3.63) is 41.9 Å². The second-order valence-corrected chi connectivity index (χ2v) is 10.6. The Labute approximate surface area is 212 Å². The molecule has 0 spiro atoms. The number of esters is 1. The van der Waals surface area contributed by atoms with Crippen molar-refractivity contribution >= 4 is 42.1 Å². The van der Waals surface area contributed by atoms with Crippen LogP contribution >= 0.6 is 19.2 Å². The molecule has 1 aliphatic heterocycles. The highest BCUT2D eigenvalue weighted by atomic mass is 35.5. The molecule has 2 aromatic heterocycles. The largest absolute Gasteiger partial charge is 0.466 e. The number of benzene rings is 1. The molecule has 0 bridgehead atoms. The second-order valence-electron chi connectivity index (χ2n) is 8.24. The van der Waals surface area contributed by atoms with E-state index < -0.39 is 44.5 Å². The van der Waals surface area contributed by atoms with Crippen LogP contribution in [0, 0.1) is 5.92 Å². The minimum atomic E-state index is -3.93. The zero-order valence-electron chi connectivity index (χ0n) is 19.7. The molecule has 4 rings (SSSR count). The highest BCUT2D eigenvalue weighted by Gasteiger charge is 2.44. The van der Waals surface area contributed by atoms with Gasteiger partial charge in [-0.1, -0.05) is 25.1 Å². The van der Waals surface area contributed by atoms with Crippen molar-refractivity contribution in [2.75, 3.05) is 25.1 Å². The number of ether oxygens (including phenoxy) is 2. The summed E-state index contributed by atoms with van der Waals surface area (Å²) in [6.07, 6.45) is -0.947. The lowest BCUT2D eigenvalue weighted by Crippen LogP contribution is -2.29. The third-order valence-corrected chi connectivity index (χ3v) is 7.81. The number of hydrogen-bond donors (Lipinski definition) is 2. The lowest BCUT2D eigenvalue weighted by Gasteiger charge is -2.26. The van der Waals surface area contributed by atoms with Crippen LogP contribution in [0.4, 0.5) is 5.82 Å². The molecule has 0 aliphatic carbocycles. The van der Waals surface area contributed by atoms with Crippen molar-refractivity contribution in [3.8, 4) is 5.75 Å². The van der Waals surface area contributed by atoms with Gasteiger partial charge in [0.25, 0.3) is 0 Å². The van der Waals surface area contributed by atoms with E-state index in [0.29, 0.717) is 16.9 Å². The molecule has 1 saturated heterocycles. The monoisotopic (exact) mass is 539 g/mol. The summed E-state index contributed by atoms with van der Waals surface area (Å²) in [5.74, 6) is -0.849. The quantitative estimate of drug-likeness (QED) is 0.221. The van der Waals surface area contributed by atoms with Gasteiger partial charge in [0.2, 0.25) is 5.28 Å². The molecule has 1 aliphatic rings. The van der Waals surface area contributed by atoms with Crippen LogP contribution in [0.3, 0.4) is 0 Å². The van der Waals surface area contributed by atoms with E-state index in [1.54, 1.807) is 48.7 Å². The van der Waals surface area contributed by atoms with Crippen molar-refractivity contribution in [2.45, 2.75) is 38.7 Å². The summed E-state index contributed by atoms with van der Waals surface area (Å²) >= 11 is 5.96. The molecule has 1 fully saturated rings. The van der Waals surface area contributed by atoms with E-state index in [-0.39, 0.29) is 30.3 Å². The Morgan fingerprint density at radius 3 is 2.81 bits per heavy atom. The summed E-state index contributed by atoms with van der Waals surface area (Å²) in [6.45, 7) is 3.06. The van der Waals surface area contributed by atoms with Gasteiger partial charge in [-0.15, -0.1) is 0 Å². The highest BCUT2D eigenvalue weighted by molar-refractivity contribution is 7.54. The van der Waals surface area contributed by atoms with Gasteiger partial charge in [0.1, 0.15) is 29.7 Å². The number of carbonyl (C=O) groups excluding carboxylic acids is 1. The maximum atomic E-state index is 14.0. The molecule has 3 heterocycles. The van der Waals surface area contributed by atoms with Gasteiger partial charge in [0.05, 0.1) is 31.6 Å². The fourth-order valence-electron chi connectivity index (χ4n) is 3.91. The average Bonchev–Trinajstić information content (AvgIpc) is 3.43. The summed E-state index contributed by atoms with van der Waals surface area (Å²) in [5.41, 5.74) is 6.57. The minimum Gasteiger partial charge on any atom is -0.466 e. The third-order valence-electron chi connectivity index (χ3n) is 5.56. The number of aromatic nitrogens is 4. The topological polar surface area (TPSA) is 161 Å². The molecule has 12 nitrogen and oxygen atoms in total. The van der Waals surface area contributed by atoms with E-state index in [1.165, 1.54) is 6.33 Å². The number of para-hydroxylation sites is 1. The summed E-state index contributed by atoms with van der Waals surface area (Å²) in [7, 11) is -3.93. The molecular weight excluding hydrogens is 513 g/mol. The molecule has 0 amide bonds. The number of nitrogens with two attached hydrogens (primary N) is 1. The zero-order valence-corrected chi connectivity index (χ0v) is 21.3. The lowest BCUT2D eigenvalue weighted by atomic mass is 10.2. The number of imidazole rings is 1. The molecule has 5 atom stereocenters. The molecule has 2 unspecified atom stereocenters. The first-order chi connectivity index (χ1) is 17.2. The van der Waals surface area contributed by atoms with E-state index >= 15 is 0 Å². The second kappa shape index (κ2) is 11.1. The zero-order chi connectivity index (χ0) is 25.9. The normalized spacial score (nSPS) is 22.3. The Morgan fingerprint density at radius 2 is 2.11 bits per heavy atom. The fourth-order valence-corrected chi connectivity index (χ4v) is 6.18. The third kappa shape index (κ3) is 5.79. The average molecular weight is 540 g/mol.